The standard InChI is InChI=1S/C15H21N3O3S/c1-3-21-12(19)10-8-16-13(22-2)17-11(10)18-14-4-6-15(20,9-14)7-5-14/h8,20H,3-7,9H2,1-2H3,(H,16,17,18). The van der Waals surface area contributed by atoms with Crippen molar-refractivity contribution < 1.29 is 14.6 Å². The monoisotopic (exact) mass is 323 g/mol. The van der Waals surface area contributed by atoms with Gasteiger partial charge in [-0.25, -0.2) is 14.8 Å². The molecule has 120 valence electrons. The van der Waals surface area contributed by atoms with Gasteiger partial charge in [-0.3, -0.25) is 0 Å². The third-order valence-corrected chi connectivity index (χ3v) is 5.20. The molecule has 2 aliphatic rings. The molecule has 2 bridgehead atoms. The number of hydrogen-bond donors (Lipinski definition) is 2. The highest BCUT2D eigenvalue weighted by Gasteiger charge is 2.53. The minimum absolute atomic E-state index is 0.167. The van der Waals surface area contributed by atoms with Gasteiger partial charge in [-0.05, 0) is 45.3 Å². The first-order valence-corrected chi connectivity index (χ1v) is 8.80. The quantitative estimate of drug-likeness (QED) is 0.488. The average Bonchev–Trinajstić information content (AvgIpc) is 3.00. The third-order valence-electron chi connectivity index (χ3n) is 4.63. The van der Waals surface area contributed by atoms with E-state index in [0.29, 0.717) is 29.6 Å². The predicted octanol–water partition coefficient (Wildman–Crippen LogP) is 2.23. The molecule has 0 atom stereocenters. The number of ether oxygens (including phenoxy) is 1. The number of thioether (sulfide) groups is 1. The zero-order chi connectivity index (χ0) is 15.8. The van der Waals surface area contributed by atoms with Crippen molar-refractivity contribution in [3.63, 3.8) is 0 Å². The second kappa shape index (κ2) is 5.70. The summed E-state index contributed by atoms with van der Waals surface area (Å²) in [5, 5.41) is 14.4. The molecular formula is C15H21N3O3S. The Hall–Kier alpha value is -1.34. The number of nitrogens with one attached hydrogen (secondary N) is 1. The molecule has 3 rings (SSSR count). The number of aliphatic hydroxyl groups is 1. The van der Waals surface area contributed by atoms with Gasteiger partial charge in [0.2, 0.25) is 0 Å². The van der Waals surface area contributed by atoms with Crippen LogP contribution in [0.2, 0.25) is 0 Å². The molecule has 2 saturated carbocycles. The number of carbonyl (C=O) groups excluding carboxylic acids is 1. The van der Waals surface area contributed by atoms with Crippen LogP contribution in [-0.4, -0.2) is 45.0 Å². The maximum atomic E-state index is 12.1. The molecule has 0 aliphatic heterocycles. The van der Waals surface area contributed by atoms with Gasteiger partial charge in [-0.2, -0.15) is 0 Å². The third kappa shape index (κ3) is 2.79. The topological polar surface area (TPSA) is 84.3 Å². The number of carbonyl (C=O) groups is 1. The maximum absolute atomic E-state index is 12.1. The summed E-state index contributed by atoms with van der Waals surface area (Å²) in [5.41, 5.74) is -0.358. The van der Waals surface area contributed by atoms with E-state index in [2.05, 4.69) is 15.3 Å². The summed E-state index contributed by atoms with van der Waals surface area (Å²) in [7, 11) is 0. The van der Waals surface area contributed by atoms with Gasteiger partial charge in [0.05, 0.1) is 12.2 Å². The molecule has 0 unspecified atom stereocenters. The molecule has 0 saturated heterocycles. The summed E-state index contributed by atoms with van der Waals surface area (Å²) < 4.78 is 5.09. The van der Waals surface area contributed by atoms with Crippen LogP contribution in [0.4, 0.5) is 5.82 Å². The number of fused-ring (bicyclic) bond motifs is 2. The first-order valence-electron chi connectivity index (χ1n) is 7.58. The Kier molecular flexibility index (Phi) is 4.03. The van der Waals surface area contributed by atoms with Gasteiger partial charge in [0.25, 0.3) is 0 Å². The first-order chi connectivity index (χ1) is 10.5. The minimum atomic E-state index is -0.549. The number of hydrogen-bond acceptors (Lipinski definition) is 7. The molecule has 0 spiro atoms. The SMILES string of the molecule is CCOC(=O)c1cnc(SC)nc1NC12CCC(O)(CC1)C2. The van der Waals surface area contributed by atoms with Gasteiger partial charge in [-0.1, -0.05) is 11.8 Å². The van der Waals surface area contributed by atoms with Gasteiger partial charge >= 0.3 is 5.97 Å². The fourth-order valence-electron chi connectivity index (χ4n) is 3.52. The molecule has 0 aromatic carbocycles. The van der Waals surface area contributed by atoms with Crippen molar-refractivity contribution in [2.24, 2.45) is 0 Å². The zero-order valence-corrected chi connectivity index (χ0v) is 13.7. The van der Waals surface area contributed by atoms with Crippen LogP contribution in [0.25, 0.3) is 0 Å². The van der Waals surface area contributed by atoms with Crippen LogP contribution in [-0.2, 0) is 4.74 Å². The molecule has 2 aliphatic carbocycles. The van der Waals surface area contributed by atoms with Gasteiger partial charge in [0.15, 0.2) is 5.16 Å². The molecule has 6 nitrogen and oxygen atoms in total. The lowest BCUT2D eigenvalue weighted by molar-refractivity contribution is 0.0516. The van der Waals surface area contributed by atoms with Crippen LogP contribution >= 0.6 is 11.8 Å². The largest absolute Gasteiger partial charge is 0.462 e. The molecular weight excluding hydrogens is 302 g/mol. The molecule has 2 N–H and O–H groups in total. The van der Waals surface area contributed by atoms with E-state index in [1.807, 2.05) is 6.26 Å². The highest BCUT2D eigenvalue weighted by Crippen LogP contribution is 2.52. The number of anilines is 1. The van der Waals surface area contributed by atoms with Crippen molar-refractivity contribution >= 4 is 23.5 Å². The summed E-state index contributed by atoms with van der Waals surface area (Å²) in [5.74, 6) is 0.101. The van der Waals surface area contributed by atoms with Gasteiger partial charge in [0.1, 0.15) is 11.4 Å². The Morgan fingerprint density at radius 3 is 2.73 bits per heavy atom. The molecule has 2 fully saturated rings. The van der Waals surface area contributed by atoms with E-state index in [4.69, 9.17) is 4.74 Å². The van der Waals surface area contributed by atoms with E-state index < -0.39 is 11.6 Å². The van der Waals surface area contributed by atoms with Gasteiger partial charge in [-0.15, -0.1) is 0 Å². The highest BCUT2D eigenvalue weighted by molar-refractivity contribution is 7.98. The molecule has 1 heterocycles. The summed E-state index contributed by atoms with van der Waals surface area (Å²) in [6.07, 6.45) is 7.51. The molecule has 0 radical (unpaired) electrons. The molecule has 22 heavy (non-hydrogen) atoms. The summed E-state index contributed by atoms with van der Waals surface area (Å²) in [6, 6.07) is 0. The Morgan fingerprint density at radius 2 is 2.18 bits per heavy atom. The number of esters is 1. The van der Waals surface area contributed by atoms with Crippen molar-refractivity contribution in [3.05, 3.63) is 11.8 Å². The Labute approximate surface area is 134 Å². The van der Waals surface area contributed by atoms with E-state index in [1.54, 1.807) is 6.92 Å². The van der Waals surface area contributed by atoms with Crippen molar-refractivity contribution in [2.45, 2.75) is 55.3 Å². The Balaban J connectivity index is 1.90. The number of rotatable bonds is 5. The summed E-state index contributed by atoms with van der Waals surface area (Å²) in [4.78, 5) is 20.7. The molecule has 1 aromatic heterocycles. The smallest absolute Gasteiger partial charge is 0.343 e. The van der Waals surface area contributed by atoms with Crippen LogP contribution in [0.1, 0.15) is 49.4 Å². The lowest BCUT2D eigenvalue weighted by atomic mass is 9.92. The second-order valence-electron chi connectivity index (χ2n) is 6.15. The van der Waals surface area contributed by atoms with Crippen LogP contribution in [0.3, 0.4) is 0 Å². The van der Waals surface area contributed by atoms with Crippen LogP contribution in [0.15, 0.2) is 11.4 Å². The van der Waals surface area contributed by atoms with Gasteiger partial charge in [0, 0.05) is 11.7 Å². The Bertz CT molecular complexity index is 585. The molecule has 7 heteroatoms. The fraction of sp³-hybridized carbons (Fsp3) is 0.667. The van der Waals surface area contributed by atoms with Crippen molar-refractivity contribution in [3.8, 4) is 0 Å². The summed E-state index contributed by atoms with van der Waals surface area (Å²) >= 11 is 1.43. The van der Waals surface area contributed by atoms with Crippen LogP contribution < -0.4 is 5.32 Å². The van der Waals surface area contributed by atoms with E-state index >= 15 is 0 Å². The number of nitrogens with zero attached hydrogens (tertiary/aromatic N) is 2. The number of aromatic nitrogens is 2. The first kappa shape index (κ1) is 15.6. The zero-order valence-electron chi connectivity index (χ0n) is 12.9. The predicted molar refractivity (Wildman–Crippen MR) is 84.2 cm³/mol. The van der Waals surface area contributed by atoms with Crippen LogP contribution in [0, 0.1) is 0 Å². The average molecular weight is 323 g/mol. The van der Waals surface area contributed by atoms with Crippen molar-refractivity contribution in [2.75, 3.05) is 18.2 Å². The fourth-order valence-corrected chi connectivity index (χ4v) is 3.86. The second-order valence-corrected chi connectivity index (χ2v) is 6.92. The van der Waals surface area contributed by atoms with Crippen molar-refractivity contribution in [1.82, 2.24) is 9.97 Å². The Morgan fingerprint density at radius 1 is 1.45 bits per heavy atom. The van der Waals surface area contributed by atoms with Crippen molar-refractivity contribution in [1.29, 1.82) is 0 Å². The highest BCUT2D eigenvalue weighted by atomic mass is 32.2. The van der Waals surface area contributed by atoms with E-state index in [0.717, 1.165) is 25.7 Å². The summed E-state index contributed by atoms with van der Waals surface area (Å²) in [6.45, 7) is 2.09. The van der Waals surface area contributed by atoms with E-state index in [-0.39, 0.29) is 5.54 Å². The normalized spacial score (nSPS) is 29.6. The lowest BCUT2D eigenvalue weighted by Gasteiger charge is -2.29. The lowest BCUT2D eigenvalue weighted by Crippen LogP contribution is -2.34. The molecule has 1 aromatic rings. The minimum Gasteiger partial charge on any atom is -0.462 e. The van der Waals surface area contributed by atoms with Crippen LogP contribution in [0.5, 0.6) is 0 Å². The van der Waals surface area contributed by atoms with E-state index in [1.165, 1.54) is 18.0 Å². The maximum Gasteiger partial charge on any atom is 0.343 e. The molecule has 0 amide bonds. The van der Waals surface area contributed by atoms with Gasteiger partial charge < -0.3 is 15.2 Å². The van der Waals surface area contributed by atoms with E-state index in [9.17, 15) is 9.90 Å².